The van der Waals surface area contributed by atoms with Crippen molar-refractivity contribution in [3.05, 3.63) is 10.6 Å². The SMILES string of the molecule is CCCc1nnsc1C(=O)N1C[C@H]2C[C@@H](N3CCCC3)[C@H](O)C[C@H]2C1.O=CO. The number of likely N-dealkylation sites (tertiary alicyclic amines) is 2. The lowest BCUT2D eigenvalue weighted by Crippen LogP contribution is -2.48. The van der Waals surface area contributed by atoms with Gasteiger partial charge in [0.05, 0.1) is 11.8 Å². The van der Waals surface area contributed by atoms with Crippen LogP contribution in [-0.4, -0.2) is 80.3 Å². The molecule has 0 aromatic carbocycles. The van der Waals surface area contributed by atoms with Crippen LogP contribution in [0.25, 0.3) is 0 Å². The van der Waals surface area contributed by atoms with Crippen molar-refractivity contribution in [1.29, 1.82) is 0 Å². The van der Waals surface area contributed by atoms with E-state index in [0.29, 0.717) is 17.9 Å². The molecule has 0 unspecified atom stereocenters. The van der Waals surface area contributed by atoms with Gasteiger partial charge in [0, 0.05) is 19.1 Å². The van der Waals surface area contributed by atoms with Gasteiger partial charge < -0.3 is 15.1 Å². The molecule has 1 aromatic heterocycles. The number of amides is 1. The lowest BCUT2D eigenvalue weighted by atomic mass is 9.77. The summed E-state index contributed by atoms with van der Waals surface area (Å²) in [5.74, 6) is 1.06. The van der Waals surface area contributed by atoms with Crippen LogP contribution < -0.4 is 0 Å². The first-order valence-electron chi connectivity index (χ1n) is 10.2. The second-order valence-electron chi connectivity index (χ2n) is 7.98. The van der Waals surface area contributed by atoms with Gasteiger partial charge in [0.25, 0.3) is 12.4 Å². The van der Waals surface area contributed by atoms with E-state index in [2.05, 4.69) is 21.4 Å². The molecule has 1 amide bonds. The van der Waals surface area contributed by atoms with E-state index in [1.165, 1.54) is 24.4 Å². The Morgan fingerprint density at radius 2 is 1.89 bits per heavy atom. The number of rotatable bonds is 4. The van der Waals surface area contributed by atoms with E-state index in [0.717, 1.165) is 62.4 Å². The maximum Gasteiger partial charge on any atom is 0.290 e. The van der Waals surface area contributed by atoms with Gasteiger partial charge in [-0.15, -0.1) is 5.10 Å². The zero-order chi connectivity index (χ0) is 20.1. The zero-order valence-electron chi connectivity index (χ0n) is 16.4. The molecular formula is C19H30N4O4S. The first-order chi connectivity index (χ1) is 13.6. The van der Waals surface area contributed by atoms with Crippen molar-refractivity contribution >= 4 is 23.9 Å². The standard InChI is InChI=1S/C18H28N4O2S.CH2O2/c1-2-5-14-17(25-20-19-14)18(24)22-10-12-8-15(21-6-3-4-7-21)16(23)9-13(12)11-22;2-1-3/h12-13,15-16,23H,2-11H2,1H3;1H,(H,2,3)/t12-,13+,15-,16-;/m1./s1. The van der Waals surface area contributed by atoms with Gasteiger partial charge in [-0.2, -0.15) is 0 Å². The fourth-order valence-electron chi connectivity index (χ4n) is 4.95. The summed E-state index contributed by atoms with van der Waals surface area (Å²) in [7, 11) is 0. The predicted molar refractivity (Wildman–Crippen MR) is 105 cm³/mol. The van der Waals surface area contributed by atoms with Gasteiger partial charge >= 0.3 is 0 Å². The molecule has 1 aromatic rings. The van der Waals surface area contributed by atoms with Crippen molar-refractivity contribution in [2.75, 3.05) is 26.2 Å². The number of hydrogen-bond donors (Lipinski definition) is 2. The average Bonchev–Trinajstić information content (AvgIpc) is 3.41. The molecule has 4 atom stereocenters. The molecule has 3 fully saturated rings. The molecule has 2 N–H and O–H groups in total. The number of nitrogens with zero attached hydrogens (tertiary/aromatic N) is 4. The minimum Gasteiger partial charge on any atom is -0.483 e. The molecule has 1 aliphatic carbocycles. The first-order valence-corrected chi connectivity index (χ1v) is 11.0. The minimum absolute atomic E-state index is 0.0973. The Labute approximate surface area is 169 Å². The third-order valence-corrected chi connectivity index (χ3v) is 7.00. The van der Waals surface area contributed by atoms with E-state index in [-0.39, 0.29) is 18.5 Å². The van der Waals surface area contributed by atoms with Crippen molar-refractivity contribution in [2.45, 2.75) is 57.6 Å². The fourth-order valence-corrected chi connectivity index (χ4v) is 5.63. The summed E-state index contributed by atoms with van der Waals surface area (Å²) in [6.45, 7) is 5.68. The van der Waals surface area contributed by atoms with E-state index in [1.807, 2.05) is 4.90 Å². The van der Waals surface area contributed by atoms with Crippen LogP contribution >= 0.6 is 11.5 Å². The monoisotopic (exact) mass is 410 g/mol. The van der Waals surface area contributed by atoms with Gasteiger partial charge in [-0.25, -0.2) is 0 Å². The summed E-state index contributed by atoms with van der Waals surface area (Å²) in [6.07, 6.45) is 5.90. The van der Waals surface area contributed by atoms with Crippen LogP contribution in [0.15, 0.2) is 0 Å². The lowest BCUT2D eigenvalue weighted by Gasteiger charge is -2.40. The molecule has 3 aliphatic rings. The molecule has 9 heteroatoms. The second kappa shape index (κ2) is 9.76. The highest BCUT2D eigenvalue weighted by Crippen LogP contribution is 2.39. The number of aromatic nitrogens is 2. The zero-order valence-corrected chi connectivity index (χ0v) is 17.2. The fraction of sp³-hybridized carbons (Fsp3) is 0.789. The maximum absolute atomic E-state index is 12.9. The molecule has 3 heterocycles. The summed E-state index contributed by atoms with van der Waals surface area (Å²) in [5, 5.41) is 21.7. The summed E-state index contributed by atoms with van der Waals surface area (Å²) in [4.78, 5) is 26.5. The minimum atomic E-state index is -0.250. The van der Waals surface area contributed by atoms with E-state index in [9.17, 15) is 9.90 Å². The number of carboxylic acid groups (broad SMARTS) is 1. The predicted octanol–water partition coefficient (Wildman–Crippen LogP) is 1.50. The Morgan fingerprint density at radius 3 is 2.54 bits per heavy atom. The van der Waals surface area contributed by atoms with Crippen LogP contribution in [0.5, 0.6) is 0 Å². The van der Waals surface area contributed by atoms with E-state index < -0.39 is 0 Å². The summed E-state index contributed by atoms with van der Waals surface area (Å²) in [5.41, 5.74) is 0.849. The van der Waals surface area contributed by atoms with Crippen LogP contribution in [0.3, 0.4) is 0 Å². The quantitative estimate of drug-likeness (QED) is 0.724. The van der Waals surface area contributed by atoms with E-state index in [1.54, 1.807) is 0 Å². The van der Waals surface area contributed by atoms with E-state index in [4.69, 9.17) is 9.90 Å². The molecule has 8 nitrogen and oxygen atoms in total. The summed E-state index contributed by atoms with van der Waals surface area (Å²) in [6, 6.07) is 0.291. The van der Waals surface area contributed by atoms with Gasteiger partial charge in [0.15, 0.2) is 0 Å². The molecule has 1 saturated carbocycles. The molecule has 0 spiro atoms. The van der Waals surface area contributed by atoms with Crippen molar-refractivity contribution in [3.63, 3.8) is 0 Å². The highest BCUT2D eigenvalue weighted by molar-refractivity contribution is 7.08. The number of carbonyl (C=O) groups is 2. The van der Waals surface area contributed by atoms with Crippen LogP contribution in [-0.2, 0) is 11.2 Å². The van der Waals surface area contributed by atoms with Gasteiger partial charge in [-0.05, 0) is 68.6 Å². The highest BCUT2D eigenvalue weighted by atomic mass is 32.1. The topological polar surface area (TPSA) is 107 Å². The van der Waals surface area contributed by atoms with Crippen LogP contribution in [0, 0.1) is 11.8 Å². The number of fused-ring (bicyclic) bond motifs is 1. The largest absolute Gasteiger partial charge is 0.483 e. The smallest absolute Gasteiger partial charge is 0.290 e. The Kier molecular flexibility index (Phi) is 7.36. The Balaban J connectivity index is 0.000000706. The molecule has 28 heavy (non-hydrogen) atoms. The molecule has 4 rings (SSSR count). The highest BCUT2D eigenvalue weighted by Gasteiger charge is 2.45. The average molecular weight is 411 g/mol. The molecule has 2 saturated heterocycles. The summed E-state index contributed by atoms with van der Waals surface area (Å²) < 4.78 is 4.00. The van der Waals surface area contributed by atoms with Gasteiger partial charge in [0.2, 0.25) is 0 Å². The van der Waals surface area contributed by atoms with Gasteiger partial charge in [0.1, 0.15) is 4.88 Å². The molecule has 0 radical (unpaired) electrons. The van der Waals surface area contributed by atoms with Gasteiger partial charge in [-0.1, -0.05) is 17.8 Å². The Bertz CT molecular complexity index is 664. The van der Waals surface area contributed by atoms with Crippen LogP contribution in [0.1, 0.15) is 54.4 Å². The number of aliphatic hydroxyl groups is 1. The number of aliphatic hydroxyl groups excluding tert-OH is 1. The number of carbonyl (C=O) groups excluding carboxylic acids is 1. The molecular weight excluding hydrogens is 380 g/mol. The number of aryl methyl sites for hydroxylation is 1. The molecule has 156 valence electrons. The van der Waals surface area contributed by atoms with Crippen LogP contribution in [0.4, 0.5) is 0 Å². The van der Waals surface area contributed by atoms with Crippen LogP contribution in [0.2, 0.25) is 0 Å². The lowest BCUT2D eigenvalue weighted by molar-refractivity contribution is -0.122. The summed E-state index contributed by atoms with van der Waals surface area (Å²) >= 11 is 1.23. The van der Waals surface area contributed by atoms with Crippen molar-refractivity contribution in [2.24, 2.45) is 11.8 Å². The molecule has 0 bridgehead atoms. The third-order valence-electron chi connectivity index (χ3n) is 6.24. The van der Waals surface area contributed by atoms with E-state index >= 15 is 0 Å². The Hall–Kier alpha value is -1.58. The Morgan fingerprint density at radius 1 is 1.25 bits per heavy atom. The van der Waals surface area contributed by atoms with Crippen molar-refractivity contribution in [3.8, 4) is 0 Å². The third kappa shape index (κ3) is 4.52. The number of hydrogen-bond acceptors (Lipinski definition) is 7. The normalized spacial score (nSPS) is 29.9. The molecule has 2 aliphatic heterocycles. The maximum atomic E-state index is 12.9. The van der Waals surface area contributed by atoms with Gasteiger partial charge in [-0.3, -0.25) is 14.5 Å². The first kappa shape index (κ1) is 21.1. The second-order valence-corrected chi connectivity index (χ2v) is 8.74. The van der Waals surface area contributed by atoms with Crippen molar-refractivity contribution < 1.29 is 19.8 Å². The van der Waals surface area contributed by atoms with Crippen molar-refractivity contribution in [1.82, 2.24) is 19.4 Å².